The highest BCUT2D eigenvalue weighted by Gasteiger charge is 2.04. The lowest BCUT2D eigenvalue weighted by Crippen LogP contribution is -1.92. The second kappa shape index (κ2) is 9.96. The zero-order valence-electron chi connectivity index (χ0n) is 15.9. The summed E-state index contributed by atoms with van der Waals surface area (Å²) in [5.41, 5.74) is 5.03. The van der Waals surface area contributed by atoms with Crippen LogP contribution in [0, 0.1) is 0 Å². The molecule has 26 heavy (non-hydrogen) atoms. The van der Waals surface area contributed by atoms with Crippen LogP contribution in [-0.4, -0.2) is 9.97 Å². The van der Waals surface area contributed by atoms with E-state index in [1.54, 1.807) is 0 Å². The van der Waals surface area contributed by atoms with Crippen molar-refractivity contribution >= 4 is 0 Å². The van der Waals surface area contributed by atoms with Gasteiger partial charge in [-0.2, -0.15) is 0 Å². The highest BCUT2D eigenvalue weighted by atomic mass is 14.9. The van der Waals surface area contributed by atoms with Crippen LogP contribution in [0.3, 0.4) is 0 Å². The van der Waals surface area contributed by atoms with Gasteiger partial charge >= 0.3 is 0 Å². The number of benzene rings is 2. The predicted molar refractivity (Wildman–Crippen MR) is 110 cm³/mol. The molecule has 0 aliphatic rings. The lowest BCUT2D eigenvalue weighted by molar-refractivity contribution is 0.607. The molecular formula is C24H30N2. The van der Waals surface area contributed by atoms with Crippen molar-refractivity contribution in [2.45, 2.75) is 58.3 Å². The van der Waals surface area contributed by atoms with Crippen LogP contribution in [0.25, 0.3) is 11.3 Å². The zero-order valence-corrected chi connectivity index (χ0v) is 15.9. The van der Waals surface area contributed by atoms with Crippen molar-refractivity contribution in [1.29, 1.82) is 0 Å². The van der Waals surface area contributed by atoms with Crippen molar-refractivity contribution in [3.05, 3.63) is 77.7 Å². The Balaban J connectivity index is 1.48. The van der Waals surface area contributed by atoms with Crippen molar-refractivity contribution in [1.82, 2.24) is 9.97 Å². The van der Waals surface area contributed by atoms with E-state index in [0.29, 0.717) is 0 Å². The van der Waals surface area contributed by atoms with Gasteiger partial charge in [-0.05, 0) is 29.5 Å². The first-order valence-electron chi connectivity index (χ1n) is 10.0. The first-order valence-corrected chi connectivity index (χ1v) is 10.0. The number of aryl methyl sites for hydroxylation is 1. The van der Waals surface area contributed by atoms with Gasteiger partial charge in [-0.1, -0.05) is 93.6 Å². The Morgan fingerprint density at radius 3 is 2.23 bits per heavy atom. The Morgan fingerprint density at radius 1 is 0.769 bits per heavy atom. The van der Waals surface area contributed by atoms with Crippen LogP contribution in [0.5, 0.6) is 0 Å². The lowest BCUT2D eigenvalue weighted by atomic mass is 10.0. The lowest BCUT2D eigenvalue weighted by Gasteiger charge is -2.04. The largest absolute Gasteiger partial charge is 0.342 e. The SMILES string of the molecule is CCCCCCCCc1ccc(Cc2ncc(-c3ccccc3)[nH]2)cc1. The molecule has 2 aromatic carbocycles. The number of H-pyrrole nitrogens is 1. The summed E-state index contributed by atoms with van der Waals surface area (Å²) in [6.45, 7) is 2.27. The molecule has 1 N–H and O–H groups in total. The summed E-state index contributed by atoms with van der Waals surface area (Å²) in [5.74, 6) is 1.02. The number of aromatic amines is 1. The zero-order chi connectivity index (χ0) is 18.0. The van der Waals surface area contributed by atoms with Crippen LogP contribution in [0.2, 0.25) is 0 Å². The number of hydrogen-bond donors (Lipinski definition) is 1. The summed E-state index contributed by atoms with van der Waals surface area (Å²) in [6.07, 6.45) is 12.1. The van der Waals surface area contributed by atoms with E-state index in [0.717, 1.165) is 17.9 Å². The molecule has 0 fully saturated rings. The number of hydrogen-bond acceptors (Lipinski definition) is 1. The molecule has 0 saturated carbocycles. The summed E-state index contributed by atoms with van der Waals surface area (Å²) in [6, 6.07) is 19.4. The Labute approximate surface area is 157 Å². The minimum Gasteiger partial charge on any atom is -0.342 e. The van der Waals surface area contributed by atoms with Crippen molar-refractivity contribution in [2.75, 3.05) is 0 Å². The molecule has 0 spiro atoms. The summed E-state index contributed by atoms with van der Waals surface area (Å²) in [7, 11) is 0. The van der Waals surface area contributed by atoms with E-state index in [9.17, 15) is 0 Å². The van der Waals surface area contributed by atoms with Crippen LogP contribution < -0.4 is 0 Å². The van der Waals surface area contributed by atoms with Crippen molar-refractivity contribution in [3.8, 4) is 11.3 Å². The molecule has 0 radical (unpaired) electrons. The Hall–Kier alpha value is -2.35. The normalized spacial score (nSPS) is 11.0. The Bertz CT molecular complexity index is 756. The maximum absolute atomic E-state index is 4.54. The number of imidazole rings is 1. The topological polar surface area (TPSA) is 28.7 Å². The average Bonchev–Trinajstić information content (AvgIpc) is 3.15. The molecular weight excluding hydrogens is 316 g/mol. The molecule has 0 unspecified atom stereocenters. The molecule has 0 bridgehead atoms. The Kier molecular flexibility index (Phi) is 7.06. The molecule has 3 rings (SSSR count). The molecule has 0 saturated heterocycles. The molecule has 136 valence electrons. The van der Waals surface area contributed by atoms with E-state index < -0.39 is 0 Å². The van der Waals surface area contributed by atoms with Gasteiger partial charge < -0.3 is 4.98 Å². The summed E-state index contributed by atoms with van der Waals surface area (Å²) in [4.78, 5) is 7.98. The Morgan fingerprint density at radius 2 is 1.46 bits per heavy atom. The van der Waals surface area contributed by atoms with E-state index in [-0.39, 0.29) is 0 Å². The van der Waals surface area contributed by atoms with Gasteiger partial charge in [-0.25, -0.2) is 4.98 Å². The second-order valence-corrected chi connectivity index (χ2v) is 7.12. The van der Waals surface area contributed by atoms with Gasteiger partial charge in [0.15, 0.2) is 0 Å². The molecule has 2 heteroatoms. The monoisotopic (exact) mass is 346 g/mol. The highest BCUT2D eigenvalue weighted by Crippen LogP contribution is 2.18. The maximum Gasteiger partial charge on any atom is 0.110 e. The third-order valence-electron chi connectivity index (χ3n) is 4.93. The van der Waals surface area contributed by atoms with E-state index in [2.05, 4.69) is 65.4 Å². The molecule has 0 amide bonds. The maximum atomic E-state index is 4.54. The van der Waals surface area contributed by atoms with Gasteiger partial charge in [0.05, 0.1) is 11.9 Å². The fourth-order valence-corrected chi connectivity index (χ4v) is 3.34. The molecule has 0 atom stereocenters. The summed E-state index contributed by atoms with van der Waals surface area (Å²) in [5, 5.41) is 0. The van der Waals surface area contributed by atoms with Gasteiger partial charge in [0.25, 0.3) is 0 Å². The molecule has 1 heterocycles. The number of rotatable bonds is 10. The van der Waals surface area contributed by atoms with Gasteiger partial charge in [0, 0.05) is 6.42 Å². The third kappa shape index (κ3) is 5.59. The minimum atomic E-state index is 0.851. The summed E-state index contributed by atoms with van der Waals surface area (Å²) >= 11 is 0. The quantitative estimate of drug-likeness (QED) is 0.413. The second-order valence-electron chi connectivity index (χ2n) is 7.12. The van der Waals surface area contributed by atoms with Crippen LogP contribution in [0.15, 0.2) is 60.8 Å². The number of nitrogens with one attached hydrogen (secondary N) is 1. The average molecular weight is 347 g/mol. The van der Waals surface area contributed by atoms with Gasteiger partial charge in [-0.3, -0.25) is 0 Å². The summed E-state index contributed by atoms with van der Waals surface area (Å²) < 4.78 is 0. The van der Waals surface area contributed by atoms with Crippen LogP contribution in [0.1, 0.15) is 62.4 Å². The van der Waals surface area contributed by atoms with Crippen molar-refractivity contribution in [3.63, 3.8) is 0 Å². The van der Waals surface area contributed by atoms with Gasteiger partial charge in [0.1, 0.15) is 5.82 Å². The van der Waals surface area contributed by atoms with E-state index in [4.69, 9.17) is 0 Å². The first-order chi connectivity index (χ1) is 12.8. The number of nitrogens with zero attached hydrogens (tertiary/aromatic N) is 1. The van der Waals surface area contributed by atoms with E-state index in [1.165, 1.54) is 61.6 Å². The first kappa shape index (κ1) is 18.4. The van der Waals surface area contributed by atoms with E-state index >= 15 is 0 Å². The third-order valence-corrected chi connectivity index (χ3v) is 4.93. The number of aromatic nitrogens is 2. The van der Waals surface area contributed by atoms with Gasteiger partial charge in [0.2, 0.25) is 0 Å². The molecule has 0 aliphatic carbocycles. The highest BCUT2D eigenvalue weighted by molar-refractivity contribution is 5.58. The number of unbranched alkanes of at least 4 members (excludes halogenated alkanes) is 5. The fourth-order valence-electron chi connectivity index (χ4n) is 3.34. The minimum absolute atomic E-state index is 0.851. The fraction of sp³-hybridized carbons (Fsp3) is 0.375. The van der Waals surface area contributed by atoms with Crippen molar-refractivity contribution in [2.24, 2.45) is 0 Å². The molecule has 0 aliphatic heterocycles. The van der Waals surface area contributed by atoms with Crippen molar-refractivity contribution < 1.29 is 0 Å². The molecule has 1 aromatic heterocycles. The van der Waals surface area contributed by atoms with Crippen LogP contribution in [0.4, 0.5) is 0 Å². The van der Waals surface area contributed by atoms with Gasteiger partial charge in [-0.15, -0.1) is 0 Å². The van der Waals surface area contributed by atoms with E-state index in [1.807, 2.05) is 12.3 Å². The molecule has 2 nitrogen and oxygen atoms in total. The van der Waals surface area contributed by atoms with Crippen LogP contribution in [-0.2, 0) is 12.8 Å². The standard InChI is InChI=1S/C24H30N2/c1-2-3-4-5-6-8-11-20-14-16-21(17-15-20)18-24-25-19-23(26-24)22-12-9-7-10-13-22/h7,9-10,12-17,19H,2-6,8,11,18H2,1H3,(H,25,26). The smallest absolute Gasteiger partial charge is 0.110 e. The predicted octanol–water partition coefficient (Wildman–Crippen LogP) is 6.57. The molecule has 3 aromatic rings. The van der Waals surface area contributed by atoms with Crippen LogP contribution >= 0.6 is 0 Å².